The van der Waals surface area contributed by atoms with Crippen molar-refractivity contribution < 1.29 is 19.0 Å². The molecule has 0 radical (unpaired) electrons. The van der Waals surface area contributed by atoms with Gasteiger partial charge in [-0.2, -0.15) is 0 Å². The Bertz CT molecular complexity index is 622. The highest BCUT2D eigenvalue weighted by atomic mass is 32.1. The van der Waals surface area contributed by atoms with Crippen molar-refractivity contribution in [1.29, 1.82) is 0 Å². The molecule has 0 unspecified atom stereocenters. The minimum Gasteiger partial charge on any atom is -0.489 e. The maximum Gasteiger partial charge on any atom is 0.315 e. The second kappa shape index (κ2) is 8.50. The Morgan fingerprint density at radius 2 is 2.09 bits per heavy atom. The lowest BCUT2D eigenvalue weighted by atomic mass is 10.3. The molecule has 7 heteroatoms. The van der Waals surface area contributed by atoms with Gasteiger partial charge in [0.1, 0.15) is 23.8 Å². The lowest BCUT2D eigenvalue weighted by molar-refractivity contribution is 0.174. The SMILES string of the molecule is C[C@@H](CNC(=O)NC[C@@H](O)c1cccs1)Oc1cccc(F)c1. The van der Waals surface area contributed by atoms with Crippen LogP contribution in [0.5, 0.6) is 5.75 Å². The van der Waals surface area contributed by atoms with E-state index >= 15 is 0 Å². The van der Waals surface area contributed by atoms with Crippen LogP contribution in [0.1, 0.15) is 17.9 Å². The number of urea groups is 1. The summed E-state index contributed by atoms with van der Waals surface area (Å²) in [5.41, 5.74) is 0. The molecular weight excluding hydrogens is 319 g/mol. The third-order valence-electron chi connectivity index (χ3n) is 3.01. The Balaban J connectivity index is 1.67. The molecule has 0 saturated carbocycles. The third-order valence-corrected chi connectivity index (χ3v) is 3.98. The van der Waals surface area contributed by atoms with E-state index in [1.807, 2.05) is 17.5 Å². The van der Waals surface area contributed by atoms with Crippen molar-refractivity contribution >= 4 is 17.4 Å². The molecule has 124 valence electrons. The van der Waals surface area contributed by atoms with Gasteiger partial charge in [-0.25, -0.2) is 9.18 Å². The Labute approximate surface area is 138 Å². The molecule has 0 aliphatic heterocycles. The number of benzene rings is 1. The summed E-state index contributed by atoms with van der Waals surface area (Å²) in [7, 11) is 0. The molecule has 0 aliphatic carbocycles. The van der Waals surface area contributed by atoms with Crippen molar-refractivity contribution in [3.8, 4) is 5.75 Å². The molecule has 2 atom stereocenters. The number of hydrogen-bond donors (Lipinski definition) is 3. The Kier molecular flexibility index (Phi) is 6.37. The van der Waals surface area contributed by atoms with Gasteiger partial charge < -0.3 is 20.5 Å². The first kappa shape index (κ1) is 17.2. The highest BCUT2D eigenvalue weighted by molar-refractivity contribution is 7.10. The average molecular weight is 338 g/mol. The number of carbonyl (C=O) groups excluding carboxylic acids is 1. The number of nitrogens with one attached hydrogen (secondary N) is 2. The summed E-state index contributed by atoms with van der Waals surface area (Å²) in [6.45, 7) is 2.16. The molecule has 1 aromatic carbocycles. The highest BCUT2D eigenvalue weighted by Gasteiger charge is 2.11. The molecule has 2 rings (SSSR count). The predicted molar refractivity (Wildman–Crippen MR) is 87.2 cm³/mol. The number of rotatable bonds is 7. The second-order valence-corrected chi connectivity index (χ2v) is 5.99. The summed E-state index contributed by atoms with van der Waals surface area (Å²) >= 11 is 1.43. The molecule has 0 aliphatic rings. The van der Waals surface area contributed by atoms with Crippen molar-refractivity contribution in [3.63, 3.8) is 0 Å². The molecular formula is C16H19FN2O3S. The van der Waals surface area contributed by atoms with E-state index in [0.29, 0.717) is 5.75 Å². The lowest BCUT2D eigenvalue weighted by Crippen LogP contribution is -2.41. The molecule has 0 saturated heterocycles. The van der Waals surface area contributed by atoms with Crippen molar-refractivity contribution in [2.75, 3.05) is 13.1 Å². The molecule has 0 bridgehead atoms. The summed E-state index contributed by atoms with van der Waals surface area (Å²) in [4.78, 5) is 12.5. The Hall–Kier alpha value is -2.12. The van der Waals surface area contributed by atoms with Gasteiger partial charge in [0, 0.05) is 10.9 Å². The molecule has 3 N–H and O–H groups in total. The fourth-order valence-corrected chi connectivity index (χ4v) is 2.60. The average Bonchev–Trinajstić information content (AvgIpc) is 3.05. The number of ether oxygens (including phenoxy) is 1. The normalized spacial score (nSPS) is 13.2. The number of aliphatic hydroxyl groups excluding tert-OH is 1. The fourth-order valence-electron chi connectivity index (χ4n) is 1.88. The first-order valence-electron chi connectivity index (χ1n) is 7.20. The van der Waals surface area contributed by atoms with Gasteiger partial charge >= 0.3 is 6.03 Å². The zero-order valence-electron chi connectivity index (χ0n) is 12.7. The first-order chi connectivity index (χ1) is 11.0. The van der Waals surface area contributed by atoms with Crippen molar-refractivity contribution in [2.45, 2.75) is 19.1 Å². The van der Waals surface area contributed by atoms with E-state index in [9.17, 15) is 14.3 Å². The van der Waals surface area contributed by atoms with Gasteiger partial charge in [-0.15, -0.1) is 11.3 Å². The summed E-state index contributed by atoms with van der Waals surface area (Å²) < 4.78 is 18.5. The van der Waals surface area contributed by atoms with Crippen molar-refractivity contribution in [2.24, 2.45) is 0 Å². The van der Waals surface area contributed by atoms with Crippen LogP contribution in [0.15, 0.2) is 41.8 Å². The maximum absolute atomic E-state index is 13.0. The number of carbonyl (C=O) groups is 1. The molecule has 0 spiro atoms. The van der Waals surface area contributed by atoms with Crippen LogP contribution >= 0.6 is 11.3 Å². The van der Waals surface area contributed by atoms with Crippen LogP contribution in [0, 0.1) is 5.82 Å². The molecule has 2 amide bonds. The zero-order valence-corrected chi connectivity index (χ0v) is 13.5. The van der Waals surface area contributed by atoms with E-state index in [4.69, 9.17) is 4.74 Å². The predicted octanol–water partition coefficient (Wildman–Crippen LogP) is 2.69. The van der Waals surface area contributed by atoms with E-state index in [1.54, 1.807) is 19.1 Å². The van der Waals surface area contributed by atoms with E-state index < -0.39 is 12.1 Å². The first-order valence-corrected chi connectivity index (χ1v) is 8.08. The van der Waals surface area contributed by atoms with Crippen LogP contribution in [-0.4, -0.2) is 30.3 Å². The van der Waals surface area contributed by atoms with Gasteiger partial charge in [0.05, 0.1) is 13.1 Å². The van der Waals surface area contributed by atoms with E-state index in [2.05, 4.69) is 10.6 Å². The van der Waals surface area contributed by atoms with Gasteiger partial charge in [0.25, 0.3) is 0 Å². The standard InChI is InChI=1S/C16H19FN2O3S/c1-11(22-13-5-2-4-12(17)8-13)9-18-16(21)19-10-14(20)15-6-3-7-23-15/h2-8,11,14,20H,9-10H2,1H3,(H2,18,19,21)/t11-,14+/m0/s1. The minimum atomic E-state index is -0.721. The summed E-state index contributed by atoms with van der Waals surface area (Å²) in [6, 6.07) is 9.09. The van der Waals surface area contributed by atoms with Crippen LogP contribution in [0.4, 0.5) is 9.18 Å². The molecule has 23 heavy (non-hydrogen) atoms. The number of amides is 2. The van der Waals surface area contributed by atoms with Crippen LogP contribution in [0.3, 0.4) is 0 Å². The minimum absolute atomic E-state index is 0.130. The van der Waals surface area contributed by atoms with Crippen molar-refractivity contribution in [1.82, 2.24) is 10.6 Å². The fraction of sp³-hybridized carbons (Fsp3) is 0.312. The molecule has 2 aromatic rings. The van der Waals surface area contributed by atoms with Gasteiger partial charge in [-0.1, -0.05) is 12.1 Å². The molecule has 0 fully saturated rings. The number of hydrogen-bond acceptors (Lipinski definition) is 4. The number of halogens is 1. The van der Waals surface area contributed by atoms with Gasteiger partial charge in [0.2, 0.25) is 0 Å². The summed E-state index contributed by atoms with van der Waals surface area (Å²) in [5.74, 6) is 0.0378. The summed E-state index contributed by atoms with van der Waals surface area (Å²) in [5, 5.41) is 17.0. The summed E-state index contributed by atoms with van der Waals surface area (Å²) in [6.07, 6.45) is -1.04. The quantitative estimate of drug-likeness (QED) is 0.727. The largest absolute Gasteiger partial charge is 0.489 e. The smallest absolute Gasteiger partial charge is 0.315 e. The van der Waals surface area contributed by atoms with E-state index in [0.717, 1.165) is 4.88 Å². The second-order valence-electron chi connectivity index (χ2n) is 5.01. The topological polar surface area (TPSA) is 70.6 Å². The zero-order chi connectivity index (χ0) is 16.7. The number of aliphatic hydroxyl groups is 1. The van der Waals surface area contributed by atoms with Crippen LogP contribution < -0.4 is 15.4 Å². The third kappa shape index (κ3) is 5.88. The van der Waals surface area contributed by atoms with E-state index in [-0.39, 0.29) is 25.0 Å². The molecule has 1 aromatic heterocycles. The van der Waals surface area contributed by atoms with Gasteiger partial charge in [-0.3, -0.25) is 0 Å². The number of thiophene rings is 1. The van der Waals surface area contributed by atoms with Crippen LogP contribution in [0.25, 0.3) is 0 Å². The maximum atomic E-state index is 13.0. The monoisotopic (exact) mass is 338 g/mol. The van der Waals surface area contributed by atoms with Crippen molar-refractivity contribution in [3.05, 3.63) is 52.5 Å². The van der Waals surface area contributed by atoms with Gasteiger partial charge in [-0.05, 0) is 30.5 Å². The lowest BCUT2D eigenvalue weighted by Gasteiger charge is -2.16. The van der Waals surface area contributed by atoms with E-state index in [1.165, 1.54) is 23.5 Å². The molecule has 5 nitrogen and oxygen atoms in total. The van der Waals surface area contributed by atoms with Crippen LogP contribution in [0.2, 0.25) is 0 Å². The Morgan fingerprint density at radius 3 is 2.78 bits per heavy atom. The molecule has 1 heterocycles. The highest BCUT2D eigenvalue weighted by Crippen LogP contribution is 2.17. The van der Waals surface area contributed by atoms with Crippen LogP contribution in [-0.2, 0) is 0 Å². The van der Waals surface area contributed by atoms with Gasteiger partial charge in [0.15, 0.2) is 0 Å². The Morgan fingerprint density at radius 1 is 1.30 bits per heavy atom.